The number of fused-ring (bicyclic) bond motifs is 1. The molecule has 0 spiro atoms. The fourth-order valence-corrected chi connectivity index (χ4v) is 5.22. The minimum Gasteiger partial charge on any atom is -0.315 e. The van der Waals surface area contributed by atoms with Crippen molar-refractivity contribution in [3.8, 4) is 0 Å². The highest BCUT2D eigenvalue weighted by atomic mass is 32.2. The maximum atomic E-state index is 12.5. The van der Waals surface area contributed by atoms with Gasteiger partial charge in [-0.15, -0.1) is 11.8 Å². The zero-order chi connectivity index (χ0) is 19.2. The Balaban J connectivity index is 1.83. The second-order valence-electron chi connectivity index (χ2n) is 6.44. The Morgan fingerprint density at radius 2 is 1.96 bits per heavy atom. The number of rotatable bonds is 7. The molecular formula is C21H24N2OS3. The van der Waals surface area contributed by atoms with Crippen LogP contribution in [-0.2, 0) is 17.1 Å². The lowest BCUT2D eigenvalue weighted by Gasteiger charge is -2.05. The van der Waals surface area contributed by atoms with Crippen LogP contribution in [-0.4, -0.2) is 28.2 Å². The number of carbonyl (C=O) groups excluding carboxylic acids is 1. The van der Waals surface area contributed by atoms with Gasteiger partial charge in [-0.2, -0.15) is 16.8 Å². The van der Waals surface area contributed by atoms with E-state index in [1.807, 2.05) is 30.0 Å². The predicted octanol–water partition coefficient (Wildman–Crippen LogP) is 5.04. The van der Waals surface area contributed by atoms with Crippen LogP contribution in [0.2, 0.25) is 0 Å². The van der Waals surface area contributed by atoms with Gasteiger partial charge in [0.15, 0.2) is 4.80 Å². The third-order valence-corrected chi connectivity index (χ3v) is 7.00. The van der Waals surface area contributed by atoms with E-state index < -0.39 is 0 Å². The molecule has 0 unspecified atom stereocenters. The van der Waals surface area contributed by atoms with Crippen LogP contribution in [0.3, 0.4) is 0 Å². The summed E-state index contributed by atoms with van der Waals surface area (Å²) in [5, 5.41) is 0. The van der Waals surface area contributed by atoms with E-state index in [2.05, 4.69) is 53.9 Å². The average Bonchev–Trinajstić information content (AvgIpc) is 2.98. The lowest BCUT2D eigenvalue weighted by atomic mass is 10.1. The molecule has 0 saturated carbocycles. The molecule has 1 aromatic heterocycles. The topological polar surface area (TPSA) is 34.4 Å². The van der Waals surface area contributed by atoms with Gasteiger partial charge in [-0.05, 0) is 42.9 Å². The molecule has 0 fully saturated rings. The summed E-state index contributed by atoms with van der Waals surface area (Å²) in [4.78, 5) is 17.7. The number of hydrogen-bond acceptors (Lipinski definition) is 4. The minimum absolute atomic E-state index is 0.0604. The van der Waals surface area contributed by atoms with E-state index in [0.717, 1.165) is 22.9 Å². The smallest absolute Gasteiger partial charge is 0.258 e. The summed E-state index contributed by atoms with van der Waals surface area (Å²) in [7, 11) is 0. The first-order valence-electron chi connectivity index (χ1n) is 8.87. The van der Waals surface area contributed by atoms with Crippen LogP contribution in [0.25, 0.3) is 10.2 Å². The van der Waals surface area contributed by atoms with Gasteiger partial charge in [0.25, 0.3) is 5.91 Å². The summed E-state index contributed by atoms with van der Waals surface area (Å²) in [5.41, 5.74) is 4.92. The molecule has 0 aliphatic rings. The van der Waals surface area contributed by atoms with Crippen LogP contribution in [0.15, 0.2) is 47.5 Å². The van der Waals surface area contributed by atoms with Gasteiger partial charge in [-0.3, -0.25) is 4.79 Å². The Morgan fingerprint density at radius 1 is 1.19 bits per heavy atom. The van der Waals surface area contributed by atoms with Crippen molar-refractivity contribution in [1.29, 1.82) is 0 Å². The van der Waals surface area contributed by atoms with Crippen LogP contribution >= 0.6 is 34.9 Å². The monoisotopic (exact) mass is 416 g/mol. The Labute approximate surface area is 172 Å². The highest BCUT2D eigenvalue weighted by Crippen LogP contribution is 2.23. The van der Waals surface area contributed by atoms with Crippen LogP contribution < -0.4 is 4.80 Å². The van der Waals surface area contributed by atoms with E-state index in [1.54, 1.807) is 23.1 Å². The van der Waals surface area contributed by atoms with Gasteiger partial charge in [-0.1, -0.05) is 47.7 Å². The number of amides is 1. The highest BCUT2D eigenvalue weighted by molar-refractivity contribution is 7.99. The molecule has 0 aliphatic heterocycles. The van der Waals surface area contributed by atoms with Crippen molar-refractivity contribution in [2.45, 2.75) is 26.1 Å². The summed E-state index contributed by atoms with van der Waals surface area (Å²) in [6, 6.07) is 14.6. The van der Waals surface area contributed by atoms with Crippen molar-refractivity contribution in [2.24, 2.45) is 4.99 Å². The molecule has 27 heavy (non-hydrogen) atoms. The Morgan fingerprint density at radius 3 is 2.70 bits per heavy atom. The molecule has 6 heteroatoms. The molecule has 0 atom stereocenters. The van der Waals surface area contributed by atoms with E-state index in [4.69, 9.17) is 0 Å². The van der Waals surface area contributed by atoms with Gasteiger partial charge in [0.05, 0.1) is 16.0 Å². The molecule has 1 amide bonds. The summed E-state index contributed by atoms with van der Waals surface area (Å²) >= 11 is 5.05. The van der Waals surface area contributed by atoms with Crippen molar-refractivity contribution >= 4 is 51.0 Å². The predicted molar refractivity (Wildman–Crippen MR) is 121 cm³/mol. The molecule has 2 aromatic carbocycles. The molecule has 0 radical (unpaired) electrons. The number of benzene rings is 2. The van der Waals surface area contributed by atoms with Gasteiger partial charge >= 0.3 is 0 Å². The zero-order valence-corrected chi connectivity index (χ0v) is 18.3. The largest absolute Gasteiger partial charge is 0.315 e. The van der Waals surface area contributed by atoms with E-state index >= 15 is 0 Å². The quantitative estimate of drug-likeness (QED) is 0.541. The highest BCUT2D eigenvalue weighted by Gasteiger charge is 2.10. The first kappa shape index (κ1) is 20.2. The summed E-state index contributed by atoms with van der Waals surface area (Å²) in [6.45, 7) is 5.12. The second kappa shape index (κ2) is 9.62. The van der Waals surface area contributed by atoms with Gasteiger partial charge in [0.2, 0.25) is 0 Å². The molecule has 3 rings (SSSR count). The molecule has 0 N–H and O–H groups in total. The van der Waals surface area contributed by atoms with Gasteiger partial charge in [0, 0.05) is 18.1 Å². The van der Waals surface area contributed by atoms with E-state index in [0.29, 0.717) is 5.75 Å². The summed E-state index contributed by atoms with van der Waals surface area (Å²) < 4.78 is 3.43. The van der Waals surface area contributed by atoms with Gasteiger partial charge in [-0.25, -0.2) is 0 Å². The average molecular weight is 417 g/mol. The lowest BCUT2D eigenvalue weighted by molar-refractivity contribution is -0.115. The third-order valence-electron chi connectivity index (χ3n) is 4.19. The number of thiazole rings is 1. The fraction of sp³-hybridized carbons (Fsp3) is 0.333. The maximum absolute atomic E-state index is 12.5. The first-order valence-corrected chi connectivity index (χ1v) is 12.2. The van der Waals surface area contributed by atoms with E-state index in [9.17, 15) is 4.79 Å². The molecule has 1 heterocycles. The molecule has 0 aliphatic carbocycles. The number of hydrogen-bond donors (Lipinski definition) is 0. The molecule has 0 bridgehead atoms. The molecule has 3 nitrogen and oxygen atoms in total. The van der Waals surface area contributed by atoms with Crippen molar-refractivity contribution in [3.05, 3.63) is 64.0 Å². The minimum atomic E-state index is -0.0604. The fourth-order valence-electron chi connectivity index (χ4n) is 2.97. The molecular weight excluding hydrogens is 392 g/mol. The van der Waals surface area contributed by atoms with Crippen molar-refractivity contribution in [1.82, 2.24) is 4.57 Å². The van der Waals surface area contributed by atoms with E-state index in [-0.39, 0.29) is 5.91 Å². The third kappa shape index (κ3) is 5.27. The maximum Gasteiger partial charge on any atom is 0.258 e. The lowest BCUT2D eigenvalue weighted by Crippen LogP contribution is -2.18. The Hall–Kier alpha value is -1.50. The van der Waals surface area contributed by atoms with Crippen LogP contribution in [0, 0.1) is 13.8 Å². The van der Waals surface area contributed by atoms with E-state index in [1.165, 1.54) is 26.9 Å². The zero-order valence-electron chi connectivity index (χ0n) is 15.9. The standard InChI is InChI=1S/C21H24N2OS3/c1-15-11-16(2)20-18(12-15)23(9-10-25-3)21(27-20)22-19(24)14-26-13-17-7-5-4-6-8-17/h4-8,11-12H,9-10,13-14H2,1-3H3. The number of aromatic nitrogens is 1. The second-order valence-corrected chi connectivity index (χ2v) is 9.39. The molecule has 142 valence electrons. The SMILES string of the molecule is CSCCn1c(=NC(=O)CSCc2ccccc2)sc2c(C)cc(C)cc21. The molecule has 0 saturated heterocycles. The Kier molecular flexibility index (Phi) is 7.21. The Bertz CT molecular complexity index is 990. The first-order chi connectivity index (χ1) is 13.1. The van der Waals surface area contributed by atoms with Crippen LogP contribution in [0.1, 0.15) is 16.7 Å². The number of aryl methyl sites for hydroxylation is 3. The number of thioether (sulfide) groups is 2. The van der Waals surface area contributed by atoms with Gasteiger partial charge in [0.1, 0.15) is 0 Å². The van der Waals surface area contributed by atoms with Gasteiger partial charge < -0.3 is 4.57 Å². The summed E-state index contributed by atoms with van der Waals surface area (Å²) in [5.74, 6) is 2.18. The van der Waals surface area contributed by atoms with Crippen molar-refractivity contribution in [3.63, 3.8) is 0 Å². The number of nitrogens with zero attached hydrogens (tertiary/aromatic N) is 2. The normalized spacial score (nSPS) is 12.0. The van der Waals surface area contributed by atoms with Crippen molar-refractivity contribution in [2.75, 3.05) is 17.8 Å². The van der Waals surface area contributed by atoms with Crippen LogP contribution in [0.4, 0.5) is 0 Å². The summed E-state index contributed by atoms with van der Waals surface area (Å²) in [6.07, 6.45) is 2.10. The number of carbonyl (C=O) groups is 1. The van der Waals surface area contributed by atoms with Crippen molar-refractivity contribution < 1.29 is 4.79 Å². The molecule has 3 aromatic rings. The van der Waals surface area contributed by atoms with Crippen LogP contribution in [0.5, 0.6) is 0 Å².